The largest absolute Gasteiger partial charge is 0.457 e. The monoisotopic (exact) mass is 352 g/mol. The van der Waals surface area contributed by atoms with Gasteiger partial charge >= 0.3 is 0 Å². The SMILES string of the molecule is Clc1ccc(CC(Cl)c2ccoc2Br)cc1Cl. The van der Waals surface area contributed by atoms with E-state index < -0.39 is 0 Å². The van der Waals surface area contributed by atoms with Crippen molar-refractivity contribution in [3.8, 4) is 0 Å². The molecule has 0 amide bonds. The molecule has 0 aliphatic carbocycles. The molecular formula is C12H8BrCl3O. The van der Waals surface area contributed by atoms with Gasteiger partial charge in [0.05, 0.1) is 21.7 Å². The van der Waals surface area contributed by atoms with Crippen LogP contribution in [0.15, 0.2) is 39.6 Å². The summed E-state index contributed by atoms with van der Waals surface area (Å²) in [6.07, 6.45) is 2.26. The maximum Gasteiger partial charge on any atom is 0.173 e. The molecule has 0 N–H and O–H groups in total. The molecule has 0 aliphatic heterocycles. The van der Waals surface area contributed by atoms with E-state index in [1.54, 1.807) is 12.3 Å². The molecule has 1 unspecified atom stereocenters. The molecule has 1 heterocycles. The molecule has 1 aromatic heterocycles. The molecule has 0 saturated carbocycles. The van der Waals surface area contributed by atoms with E-state index in [1.807, 2.05) is 18.2 Å². The first kappa shape index (κ1) is 13.3. The Labute approximate surface area is 123 Å². The second-order valence-corrected chi connectivity index (χ2v) is 5.63. The van der Waals surface area contributed by atoms with Crippen LogP contribution in [-0.2, 0) is 6.42 Å². The number of benzene rings is 1. The van der Waals surface area contributed by atoms with Crippen molar-refractivity contribution in [2.24, 2.45) is 0 Å². The minimum absolute atomic E-state index is 0.166. The van der Waals surface area contributed by atoms with Gasteiger partial charge in [-0.05, 0) is 46.1 Å². The Balaban J connectivity index is 2.16. The second-order valence-electron chi connectivity index (χ2n) is 3.57. The van der Waals surface area contributed by atoms with Crippen LogP contribution in [0.1, 0.15) is 16.5 Å². The van der Waals surface area contributed by atoms with E-state index in [9.17, 15) is 0 Å². The van der Waals surface area contributed by atoms with Gasteiger partial charge in [0.1, 0.15) is 0 Å². The predicted octanol–water partition coefficient (Wildman–Crippen LogP) is 5.87. The maximum atomic E-state index is 6.31. The van der Waals surface area contributed by atoms with Crippen molar-refractivity contribution in [3.63, 3.8) is 0 Å². The quantitative estimate of drug-likeness (QED) is 0.628. The first-order valence-electron chi connectivity index (χ1n) is 4.89. The molecule has 1 nitrogen and oxygen atoms in total. The molecule has 2 rings (SSSR count). The van der Waals surface area contributed by atoms with Gasteiger partial charge < -0.3 is 4.42 Å². The topological polar surface area (TPSA) is 13.1 Å². The van der Waals surface area contributed by atoms with Gasteiger partial charge in [0.2, 0.25) is 0 Å². The van der Waals surface area contributed by atoms with Crippen molar-refractivity contribution in [3.05, 3.63) is 56.4 Å². The summed E-state index contributed by atoms with van der Waals surface area (Å²) < 4.78 is 5.82. The summed E-state index contributed by atoms with van der Waals surface area (Å²) in [4.78, 5) is 0. The highest BCUT2D eigenvalue weighted by atomic mass is 79.9. The highest BCUT2D eigenvalue weighted by Crippen LogP contribution is 2.33. The molecule has 0 spiro atoms. The third kappa shape index (κ3) is 3.19. The van der Waals surface area contributed by atoms with E-state index in [4.69, 9.17) is 39.2 Å². The van der Waals surface area contributed by atoms with Gasteiger partial charge in [0.25, 0.3) is 0 Å². The average molecular weight is 354 g/mol. The zero-order valence-electron chi connectivity index (χ0n) is 8.59. The normalized spacial score (nSPS) is 12.7. The molecular weight excluding hydrogens is 346 g/mol. The Kier molecular flexibility index (Phi) is 4.42. The zero-order valence-corrected chi connectivity index (χ0v) is 12.4. The Hall–Kier alpha value is -0.150. The number of furan rings is 1. The number of alkyl halides is 1. The van der Waals surface area contributed by atoms with E-state index in [0.29, 0.717) is 21.1 Å². The molecule has 1 atom stereocenters. The van der Waals surface area contributed by atoms with E-state index in [1.165, 1.54) is 0 Å². The smallest absolute Gasteiger partial charge is 0.173 e. The van der Waals surface area contributed by atoms with Gasteiger partial charge in [0, 0.05) is 5.56 Å². The van der Waals surface area contributed by atoms with Gasteiger partial charge in [-0.25, -0.2) is 0 Å². The molecule has 90 valence electrons. The fourth-order valence-electron chi connectivity index (χ4n) is 1.51. The van der Waals surface area contributed by atoms with Crippen molar-refractivity contribution in [1.82, 2.24) is 0 Å². The highest BCUT2D eigenvalue weighted by molar-refractivity contribution is 9.10. The van der Waals surface area contributed by atoms with Crippen LogP contribution in [0.3, 0.4) is 0 Å². The summed E-state index contributed by atoms with van der Waals surface area (Å²) in [6, 6.07) is 7.36. The number of hydrogen-bond acceptors (Lipinski definition) is 1. The third-order valence-corrected chi connectivity index (χ3v) is 4.16. The molecule has 2 aromatic rings. The summed E-state index contributed by atoms with van der Waals surface area (Å²) in [5, 5.41) is 0.922. The van der Waals surface area contributed by atoms with Crippen LogP contribution in [0.2, 0.25) is 10.0 Å². The van der Waals surface area contributed by atoms with Crippen molar-refractivity contribution >= 4 is 50.7 Å². The summed E-state index contributed by atoms with van der Waals surface area (Å²) >= 11 is 21.4. The van der Waals surface area contributed by atoms with Crippen molar-refractivity contribution in [2.45, 2.75) is 11.8 Å². The maximum absolute atomic E-state index is 6.31. The Morgan fingerprint density at radius 3 is 2.53 bits per heavy atom. The Bertz CT molecular complexity index is 524. The minimum Gasteiger partial charge on any atom is -0.457 e. The molecule has 0 aliphatic rings. The molecule has 0 radical (unpaired) electrons. The Morgan fingerprint density at radius 2 is 1.94 bits per heavy atom. The first-order chi connectivity index (χ1) is 8.08. The molecule has 0 saturated heterocycles. The first-order valence-corrected chi connectivity index (χ1v) is 6.87. The van der Waals surface area contributed by atoms with E-state index in [2.05, 4.69) is 15.9 Å². The van der Waals surface area contributed by atoms with Crippen molar-refractivity contribution in [2.75, 3.05) is 0 Å². The van der Waals surface area contributed by atoms with Crippen LogP contribution in [0.5, 0.6) is 0 Å². The van der Waals surface area contributed by atoms with Gasteiger partial charge in [-0.1, -0.05) is 29.3 Å². The highest BCUT2D eigenvalue weighted by Gasteiger charge is 2.15. The third-order valence-electron chi connectivity index (χ3n) is 2.38. The number of hydrogen-bond donors (Lipinski definition) is 0. The molecule has 5 heteroatoms. The van der Waals surface area contributed by atoms with Gasteiger partial charge in [0.15, 0.2) is 4.67 Å². The summed E-state index contributed by atoms with van der Waals surface area (Å²) in [6.45, 7) is 0. The van der Waals surface area contributed by atoms with Crippen LogP contribution in [-0.4, -0.2) is 0 Å². The van der Waals surface area contributed by atoms with Crippen LogP contribution in [0, 0.1) is 0 Å². The van der Waals surface area contributed by atoms with Crippen LogP contribution in [0.4, 0.5) is 0 Å². The lowest BCUT2D eigenvalue weighted by molar-refractivity contribution is 0.536. The standard InChI is InChI=1S/C12H8BrCl3O/c13-12-8(3-4-17-12)10(15)5-7-1-2-9(14)11(16)6-7/h1-4,6,10H,5H2. The van der Waals surface area contributed by atoms with Gasteiger partial charge in [-0.3, -0.25) is 0 Å². The predicted molar refractivity (Wildman–Crippen MR) is 75.2 cm³/mol. The lowest BCUT2D eigenvalue weighted by Crippen LogP contribution is -1.95. The lowest BCUT2D eigenvalue weighted by atomic mass is 10.1. The summed E-state index contributed by atoms with van der Waals surface area (Å²) in [7, 11) is 0. The van der Waals surface area contributed by atoms with Gasteiger partial charge in [-0.2, -0.15) is 0 Å². The molecule has 0 bridgehead atoms. The molecule has 0 fully saturated rings. The average Bonchev–Trinajstić information content (AvgIpc) is 2.70. The number of rotatable bonds is 3. The van der Waals surface area contributed by atoms with E-state index >= 15 is 0 Å². The minimum atomic E-state index is -0.166. The lowest BCUT2D eigenvalue weighted by Gasteiger charge is -2.08. The molecule has 1 aromatic carbocycles. The zero-order chi connectivity index (χ0) is 12.4. The number of halogens is 4. The van der Waals surface area contributed by atoms with Crippen molar-refractivity contribution < 1.29 is 4.42 Å². The second kappa shape index (κ2) is 5.66. The molecule has 17 heavy (non-hydrogen) atoms. The fraction of sp³-hybridized carbons (Fsp3) is 0.167. The van der Waals surface area contributed by atoms with Crippen LogP contribution in [0.25, 0.3) is 0 Å². The van der Waals surface area contributed by atoms with Crippen molar-refractivity contribution in [1.29, 1.82) is 0 Å². The summed E-state index contributed by atoms with van der Waals surface area (Å²) in [5.41, 5.74) is 1.96. The van der Waals surface area contributed by atoms with Gasteiger partial charge in [-0.15, -0.1) is 11.6 Å². The summed E-state index contributed by atoms with van der Waals surface area (Å²) in [5.74, 6) is 0. The van der Waals surface area contributed by atoms with E-state index in [0.717, 1.165) is 11.1 Å². The van der Waals surface area contributed by atoms with Crippen LogP contribution < -0.4 is 0 Å². The Morgan fingerprint density at radius 1 is 1.18 bits per heavy atom. The fourth-order valence-corrected chi connectivity index (χ4v) is 2.83. The van der Waals surface area contributed by atoms with Crippen LogP contribution >= 0.6 is 50.7 Å². The van der Waals surface area contributed by atoms with E-state index in [-0.39, 0.29) is 5.38 Å².